The van der Waals surface area contributed by atoms with Gasteiger partial charge in [0.15, 0.2) is 0 Å². The first kappa shape index (κ1) is 50.7. The molecule has 0 aliphatic rings. The lowest BCUT2D eigenvalue weighted by Gasteiger charge is -2.22. The molecule has 0 aliphatic heterocycles. The fourth-order valence-corrected chi connectivity index (χ4v) is 19.0. The Morgan fingerprint density at radius 1 is 0.167 bits per heavy atom. The number of furan rings is 2. The fraction of sp³-hybridized carbons (Fsp3) is 0. The molecule has 2 aromatic heterocycles. The van der Waals surface area contributed by atoms with Gasteiger partial charge in [-0.2, -0.15) is 0 Å². The summed E-state index contributed by atoms with van der Waals surface area (Å²) in [7, 11) is 0. The van der Waals surface area contributed by atoms with Gasteiger partial charge in [-0.05, 0) is 279 Å². The van der Waals surface area contributed by atoms with Crippen molar-refractivity contribution in [2.75, 3.05) is 0 Å². The van der Waals surface area contributed by atoms with E-state index < -0.39 is 72.5 Å². The number of fused-ring (bicyclic) bond motifs is 6. The monoisotopic (exact) mass is 1450 g/mol. The second-order valence-corrected chi connectivity index (χ2v) is 30.0. The van der Waals surface area contributed by atoms with Gasteiger partial charge in [0.2, 0.25) is 0 Å². The largest absolute Gasteiger partial charge is 0.456 e. The number of rotatable bonds is 8. The fourth-order valence-electron chi connectivity index (χ4n) is 19.0. The summed E-state index contributed by atoms with van der Waals surface area (Å²) in [6.45, 7) is 0. The van der Waals surface area contributed by atoms with Crippen molar-refractivity contribution in [1.29, 1.82) is 0 Å². The molecule has 2 nitrogen and oxygen atoms in total. The molecule has 114 heavy (non-hydrogen) atoms. The van der Waals surface area contributed by atoms with Crippen LogP contribution in [0.3, 0.4) is 0 Å². The highest BCUT2D eigenvalue weighted by Gasteiger charge is 2.26. The minimum Gasteiger partial charge on any atom is -0.456 e. The van der Waals surface area contributed by atoms with Crippen LogP contribution in [0.4, 0.5) is 0 Å². The maximum absolute atomic E-state index is 10.6. The molecule has 26 rings (SSSR count). The predicted molar refractivity (Wildman–Crippen MR) is 486 cm³/mol. The first-order chi connectivity index (χ1) is 62.3. The average molecular weight is 1460 g/mol. The highest BCUT2D eigenvalue weighted by molar-refractivity contribution is 6.31. The molecule has 0 bridgehead atoms. The van der Waals surface area contributed by atoms with Gasteiger partial charge in [-0.15, -0.1) is 0 Å². The van der Waals surface area contributed by atoms with E-state index in [-0.39, 0.29) is 44.2 Å². The zero-order valence-electron chi connectivity index (χ0n) is 74.7. The Hall–Kier alpha value is -15.0. The van der Waals surface area contributed by atoms with Crippen molar-refractivity contribution in [2.24, 2.45) is 0 Å². The van der Waals surface area contributed by atoms with Crippen LogP contribution in [-0.2, 0) is 0 Å². The molecule has 0 fully saturated rings. The van der Waals surface area contributed by atoms with Crippen LogP contribution in [0.25, 0.3) is 262 Å². The molecule has 0 N–H and O–H groups in total. The van der Waals surface area contributed by atoms with Crippen molar-refractivity contribution in [2.45, 2.75) is 0 Å². The predicted octanol–water partition coefficient (Wildman–Crippen LogP) is 32.1. The minimum absolute atomic E-state index is 0.109. The summed E-state index contributed by atoms with van der Waals surface area (Å²) in [6, 6.07) is 99.2. The molecule has 0 amide bonds. The average Bonchev–Trinajstić information content (AvgIpc) is 1.32. The van der Waals surface area contributed by atoms with Crippen molar-refractivity contribution in [1.82, 2.24) is 0 Å². The summed E-state index contributed by atoms with van der Waals surface area (Å²) in [5, 5.41) is 27.8. The van der Waals surface area contributed by atoms with E-state index in [0.29, 0.717) is 34.3 Å². The Morgan fingerprint density at radius 2 is 0.579 bits per heavy atom. The Kier molecular flexibility index (Phi) is 10.8. The van der Waals surface area contributed by atoms with Gasteiger partial charge >= 0.3 is 0 Å². The lowest BCUT2D eigenvalue weighted by Crippen LogP contribution is -1.95. The van der Waals surface area contributed by atoms with Crippen LogP contribution in [0, 0.1) is 0 Å². The van der Waals surface area contributed by atoms with Crippen LogP contribution in [0.2, 0.25) is 0 Å². The molecule has 0 saturated carbocycles. The third-order valence-corrected chi connectivity index (χ3v) is 24.0. The Labute approximate surface area is 674 Å². The first-order valence-corrected chi connectivity index (χ1v) is 38.4. The maximum atomic E-state index is 10.6. The van der Waals surface area contributed by atoms with Gasteiger partial charge in [-0.1, -0.05) is 327 Å². The number of hydrogen-bond acceptors (Lipinski definition) is 2. The van der Waals surface area contributed by atoms with Gasteiger partial charge in [-0.3, -0.25) is 0 Å². The molecule has 0 radical (unpaired) electrons. The lowest BCUT2D eigenvalue weighted by molar-refractivity contribution is 0.668. The van der Waals surface area contributed by atoms with Gasteiger partial charge in [0, 0.05) is 21.5 Å². The Bertz CT molecular complexity index is 9310. The third-order valence-electron chi connectivity index (χ3n) is 24.0. The van der Waals surface area contributed by atoms with Crippen LogP contribution in [0.15, 0.2) is 397 Å². The molecule has 0 unspecified atom stereocenters. The second kappa shape index (κ2) is 24.3. The van der Waals surface area contributed by atoms with Crippen molar-refractivity contribution in [3.63, 3.8) is 0 Å². The van der Waals surface area contributed by atoms with E-state index in [1.807, 2.05) is 84.9 Å². The molecular weight excluding hydrogens is 1380 g/mol. The van der Waals surface area contributed by atoms with E-state index in [0.717, 1.165) is 147 Å². The highest BCUT2D eigenvalue weighted by Crippen LogP contribution is 2.53. The van der Waals surface area contributed by atoms with Crippen molar-refractivity contribution in [3.8, 4) is 89.0 Å². The molecule has 2 heteroatoms. The molecule has 0 saturated heterocycles. The molecular formula is C112H64O2. The van der Waals surface area contributed by atoms with E-state index in [1.54, 1.807) is 6.07 Å². The zero-order chi connectivity index (χ0) is 86.6. The lowest BCUT2D eigenvalue weighted by atomic mass is 9.81. The Balaban J connectivity index is 0.000000140. The number of benzene rings is 24. The van der Waals surface area contributed by atoms with E-state index in [9.17, 15) is 9.60 Å². The van der Waals surface area contributed by atoms with E-state index >= 15 is 0 Å². The molecule has 2 heterocycles. The maximum Gasteiger partial charge on any atom is 0.135 e. The topological polar surface area (TPSA) is 26.3 Å². The van der Waals surface area contributed by atoms with E-state index in [1.165, 1.54) is 48.5 Å². The molecule has 0 aliphatic carbocycles. The summed E-state index contributed by atoms with van der Waals surface area (Å²) in [6.07, 6.45) is 0. The van der Waals surface area contributed by atoms with Gasteiger partial charge in [-0.25, -0.2) is 0 Å². The summed E-state index contributed by atoms with van der Waals surface area (Å²) in [5.74, 6) is 0. The third kappa shape index (κ3) is 9.37. The Morgan fingerprint density at radius 3 is 1.14 bits per heavy atom. The summed E-state index contributed by atoms with van der Waals surface area (Å²) < 4.78 is 143. The quantitative estimate of drug-likeness (QED) is 0.142. The van der Waals surface area contributed by atoms with Crippen molar-refractivity contribution in [3.05, 3.63) is 388 Å². The molecule has 0 spiro atoms. The van der Waals surface area contributed by atoms with E-state index in [4.69, 9.17) is 18.4 Å². The van der Waals surface area contributed by atoms with Gasteiger partial charge in [0.25, 0.3) is 0 Å². The van der Waals surface area contributed by atoms with Crippen molar-refractivity contribution < 1.29 is 28.0 Å². The van der Waals surface area contributed by atoms with Gasteiger partial charge in [0.05, 0.1) is 19.2 Å². The molecule has 524 valence electrons. The SMILES string of the molecule is [2H]c1c(-c2ccc3ccc4cccc5ccc2c3c45)c([2H])c(-c2ccc3ccc4cccc5ccc2c3c45)c(-c2ccccc2)c1-c1ccc2oc3ccccc3c2c1.[2H]c1c([2H])c([2H])c(-c2c(-c3c([2H])c([2H])c4oc5c([2H])c([2H])c([2H])c([2H])c5c4c3[2H])cc(-c3ccc4ccc5cccc6ccc3c4c56)cc2-c2ccc3ccc4cccc5ccc2c3c45)c([2H])c1[2H]. The number of para-hydroxylation sites is 2. The number of hydrogen-bond donors (Lipinski definition) is 0. The van der Waals surface area contributed by atoms with Gasteiger partial charge < -0.3 is 8.83 Å². The zero-order valence-corrected chi connectivity index (χ0v) is 60.7. The smallest absolute Gasteiger partial charge is 0.135 e. The molecule has 24 aromatic carbocycles. The van der Waals surface area contributed by atoms with E-state index in [2.05, 4.69) is 212 Å². The normalized spacial score (nSPS) is 13.9. The molecule has 26 aromatic rings. The van der Waals surface area contributed by atoms with Crippen molar-refractivity contribution >= 4 is 173 Å². The summed E-state index contributed by atoms with van der Waals surface area (Å²) in [5.41, 5.74) is 10.3. The van der Waals surface area contributed by atoms with Crippen LogP contribution in [-0.4, -0.2) is 0 Å². The van der Waals surface area contributed by atoms with Gasteiger partial charge in [0.1, 0.15) is 22.3 Å². The highest BCUT2D eigenvalue weighted by atomic mass is 16.3. The van der Waals surface area contributed by atoms with Crippen LogP contribution >= 0.6 is 0 Å². The molecule has 0 atom stereocenters. The van der Waals surface area contributed by atoms with Crippen LogP contribution in [0.5, 0.6) is 0 Å². The summed E-state index contributed by atoms with van der Waals surface area (Å²) >= 11 is 0. The minimum atomic E-state index is -0.596. The first-order valence-electron chi connectivity index (χ1n) is 45.4. The van der Waals surface area contributed by atoms with Crippen LogP contribution in [0.1, 0.15) is 19.2 Å². The van der Waals surface area contributed by atoms with Crippen LogP contribution < -0.4 is 0 Å². The standard InChI is InChI=1S/2C56H32O/c2*1-2-8-33(9-3-1)54-47(40-24-29-51-48(30-40)44-14-4-5-15-50(44)57-51)31-41(42-25-20-38-18-16-34-10-6-12-36-22-27-45(42)55(38)52(34)36)32-49(54)43-26-21-39-19-17-35-11-7-13-37-23-28-46(43)56(39)53(35)37/h2*1-32H/i1D,2D,3D,4D,5D,8D,9D,14D,15D,24D,29D,30D;31D,32D. The second-order valence-electron chi connectivity index (χ2n) is 30.0. The summed E-state index contributed by atoms with van der Waals surface area (Å²) in [4.78, 5) is 0.